The third-order valence-corrected chi connectivity index (χ3v) is 9.67. The van der Waals surface area contributed by atoms with Gasteiger partial charge in [0.05, 0.1) is 28.0 Å². The van der Waals surface area contributed by atoms with Crippen LogP contribution in [0, 0.1) is 0 Å². The largest absolute Gasteiger partial charge is 0.507 e. The number of rotatable bonds is 7. The average Bonchev–Trinajstić information content (AvgIpc) is 3.50. The van der Waals surface area contributed by atoms with Crippen molar-refractivity contribution in [3.63, 3.8) is 0 Å². The highest BCUT2D eigenvalue weighted by molar-refractivity contribution is 5.97. The number of para-hydroxylation sites is 3. The Kier molecular flexibility index (Phi) is 8.65. The molecule has 5 aromatic carbocycles. The molecule has 0 saturated carbocycles. The molecular formula is C46H45N3O. The number of aromatic nitrogens is 3. The minimum absolute atomic E-state index is 0.00347. The molecule has 0 aliphatic carbocycles. The van der Waals surface area contributed by atoms with Crippen LogP contribution in [0.15, 0.2) is 128 Å². The van der Waals surface area contributed by atoms with Crippen LogP contribution in [-0.2, 0) is 5.41 Å². The SMILES string of the molecule is CC(C)c1cccc(C(C)C)c1-n1c(-c2ccccc2O)nc2c(-c3cc(-c4ccccc4)cc(-c4cc(C(C)(C)C)ccn4)c3)cccc21. The summed E-state index contributed by atoms with van der Waals surface area (Å²) in [4.78, 5) is 10.3. The van der Waals surface area contributed by atoms with Gasteiger partial charge < -0.3 is 5.11 Å². The van der Waals surface area contributed by atoms with Crippen molar-refractivity contribution in [1.82, 2.24) is 14.5 Å². The monoisotopic (exact) mass is 655 g/mol. The van der Waals surface area contributed by atoms with Crippen LogP contribution < -0.4 is 0 Å². The molecule has 2 aromatic heterocycles. The Morgan fingerprint density at radius 3 is 1.90 bits per heavy atom. The summed E-state index contributed by atoms with van der Waals surface area (Å²) in [6, 6.07) is 42.2. The quantitative estimate of drug-likeness (QED) is 0.186. The Morgan fingerprint density at radius 2 is 1.22 bits per heavy atom. The number of pyridine rings is 1. The fourth-order valence-electron chi connectivity index (χ4n) is 6.96. The zero-order valence-electron chi connectivity index (χ0n) is 30.1. The van der Waals surface area contributed by atoms with Gasteiger partial charge in [-0.1, -0.05) is 121 Å². The van der Waals surface area contributed by atoms with Crippen molar-refractivity contribution in [2.75, 3.05) is 0 Å². The molecular weight excluding hydrogens is 611 g/mol. The van der Waals surface area contributed by atoms with Crippen LogP contribution in [0.4, 0.5) is 0 Å². The number of phenolic OH excluding ortho intramolecular Hbond substituents is 1. The van der Waals surface area contributed by atoms with Gasteiger partial charge in [-0.05, 0) is 99.2 Å². The molecule has 0 atom stereocenters. The van der Waals surface area contributed by atoms with Crippen LogP contribution in [0.5, 0.6) is 5.75 Å². The molecule has 2 heterocycles. The van der Waals surface area contributed by atoms with Crippen molar-refractivity contribution in [2.45, 2.75) is 65.7 Å². The van der Waals surface area contributed by atoms with Crippen LogP contribution in [-0.4, -0.2) is 19.6 Å². The van der Waals surface area contributed by atoms with Gasteiger partial charge in [0.25, 0.3) is 0 Å². The number of aromatic hydroxyl groups is 1. The van der Waals surface area contributed by atoms with Gasteiger partial charge in [-0.25, -0.2) is 4.98 Å². The molecule has 0 radical (unpaired) electrons. The summed E-state index contributed by atoms with van der Waals surface area (Å²) in [5, 5.41) is 11.2. The first-order chi connectivity index (χ1) is 24.0. The maximum absolute atomic E-state index is 11.2. The zero-order valence-corrected chi connectivity index (χ0v) is 30.1. The minimum Gasteiger partial charge on any atom is -0.507 e. The topological polar surface area (TPSA) is 50.9 Å². The molecule has 0 fully saturated rings. The second kappa shape index (κ2) is 13.1. The second-order valence-electron chi connectivity index (χ2n) is 14.9. The van der Waals surface area contributed by atoms with Crippen molar-refractivity contribution >= 4 is 11.0 Å². The third-order valence-electron chi connectivity index (χ3n) is 9.67. The number of phenols is 1. The molecule has 0 saturated heterocycles. The van der Waals surface area contributed by atoms with E-state index in [1.54, 1.807) is 6.07 Å². The number of fused-ring (bicyclic) bond motifs is 1. The number of benzene rings is 5. The van der Waals surface area contributed by atoms with Gasteiger partial charge in [-0.15, -0.1) is 0 Å². The van der Waals surface area contributed by atoms with Gasteiger partial charge in [0.15, 0.2) is 0 Å². The molecule has 0 aliphatic rings. The second-order valence-corrected chi connectivity index (χ2v) is 14.9. The lowest BCUT2D eigenvalue weighted by molar-refractivity contribution is 0.477. The number of hydrogen-bond donors (Lipinski definition) is 1. The predicted molar refractivity (Wildman–Crippen MR) is 209 cm³/mol. The lowest BCUT2D eigenvalue weighted by Crippen LogP contribution is -2.11. The molecule has 4 heteroatoms. The molecule has 0 bridgehead atoms. The molecule has 50 heavy (non-hydrogen) atoms. The Bertz CT molecular complexity index is 2300. The van der Waals surface area contributed by atoms with E-state index >= 15 is 0 Å². The van der Waals surface area contributed by atoms with E-state index in [0.717, 1.165) is 56.1 Å². The van der Waals surface area contributed by atoms with E-state index < -0.39 is 0 Å². The molecule has 250 valence electrons. The van der Waals surface area contributed by atoms with Gasteiger partial charge in [-0.3, -0.25) is 9.55 Å². The van der Waals surface area contributed by atoms with Crippen molar-refractivity contribution in [2.24, 2.45) is 0 Å². The Balaban J connectivity index is 1.55. The number of nitrogens with zero attached hydrogens (tertiary/aromatic N) is 3. The van der Waals surface area contributed by atoms with Crippen molar-refractivity contribution in [3.05, 3.63) is 144 Å². The standard InChI is InChI=1S/C46H45N3O/c1-29(2)36-18-13-19-37(30(3)4)44(36)49-41-21-14-20-38(43(41)48-45(49)39-17-11-12-22-42(39)50)33-25-32(31-15-9-8-10-16-31)26-34(27-33)40-28-35(23-24-47-40)46(5,6)7/h8-30,50H,1-7H3. The fourth-order valence-corrected chi connectivity index (χ4v) is 6.96. The van der Waals surface area contributed by atoms with Crippen molar-refractivity contribution < 1.29 is 5.11 Å². The summed E-state index contributed by atoms with van der Waals surface area (Å²) in [6.45, 7) is 15.7. The van der Waals surface area contributed by atoms with E-state index in [1.165, 1.54) is 16.7 Å². The molecule has 4 nitrogen and oxygen atoms in total. The van der Waals surface area contributed by atoms with E-state index in [0.29, 0.717) is 5.56 Å². The molecule has 7 aromatic rings. The van der Waals surface area contributed by atoms with Crippen LogP contribution in [0.3, 0.4) is 0 Å². The molecule has 1 N–H and O–H groups in total. The maximum atomic E-state index is 11.2. The first kappa shape index (κ1) is 33.0. The highest BCUT2D eigenvalue weighted by atomic mass is 16.3. The Labute approximate surface area is 296 Å². The van der Waals surface area contributed by atoms with Crippen LogP contribution in [0.25, 0.3) is 61.6 Å². The first-order valence-electron chi connectivity index (χ1n) is 17.6. The summed E-state index contributed by atoms with van der Waals surface area (Å²) in [6.07, 6.45) is 1.92. The summed E-state index contributed by atoms with van der Waals surface area (Å²) in [5.41, 5.74) is 13.8. The van der Waals surface area contributed by atoms with Crippen LogP contribution in [0.2, 0.25) is 0 Å². The Morgan fingerprint density at radius 1 is 0.600 bits per heavy atom. The molecule has 0 aliphatic heterocycles. The fraction of sp³-hybridized carbons (Fsp3) is 0.217. The van der Waals surface area contributed by atoms with E-state index in [9.17, 15) is 5.11 Å². The van der Waals surface area contributed by atoms with Gasteiger partial charge >= 0.3 is 0 Å². The highest BCUT2D eigenvalue weighted by Gasteiger charge is 2.25. The van der Waals surface area contributed by atoms with Crippen molar-refractivity contribution in [1.29, 1.82) is 0 Å². The Hall–Kier alpha value is -5.48. The third kappa shape index (κ3) is 6.11. The van der Waals surface area contributed by atoms with E-state index in [1.807, 2.05) is 24.4 Å². The maximum Gasteiger partial charge on any atom is 0.149 e. The first-order valence-corrected chi connectivity index (χ1v) is 17.6. The minimum atomic E-state index is -0.00347. The zero-order chi connectivity index (χ0) is 35.2. The lowest BCUT2D eigenvalue weighted by atomic mass is 9.86. The normalized spacial score (nSPS) is 11.9. The lowest BCUT2D eigenvalue weighted by Gasteiger charge is -2.22. The van der Waals surface area contributed by atoms with Crippen LogP contribution >= 0.6 is 0 Å². The highest BCUT2D eigenvalue weighted by Crippen LogP contribution is 2.42. The smallest absolute Gasteiger partial charge is 0.149 e. The molecule has 0 unspecified atom stereocenters. The molecule has 0 amide bonds. The van der Waals surface area contributed by atoms with E-state index in [4.69, 9.17) is 9.97 Å². The van der Waals surface area contributed by atoms with Gasteiger partial charge in [0, 0.05) is 17.3 Å². The summed E-state index contributed by atoms with van der Waals surface area (Å²) in [5.74, 6) is 1.49. The van der Waals surface area contributed by atoms with Gasteiger partial charge in [-0.2, -0.15) is 0 Å². The van der Waals surface area contributed by atoms with Crippen LogP contribution in [0.1, 0.15) is 77.0 Å². The molecule has 7 rings (SSSR count). The summed E-state index contributed by atoms with van der Waals surface area (Å²) >= 11 is 0. The number of imidazole rings is 1. The predicted octanol–water partition coefficient (Wildman–Crippen LogP) is 12.3. The number of hydrogen-bond acceptors (Lipinski definition) is 3. The van der Waals surface area contributed by atoms with Gasteiger partial charge in [0.1, 0.15) is 11.6 Å². The van der Waals surface area contributed by atoms with Crippen molar-refractivity contribution in [3.8, 4) is 56.3 Å². The summed E-state index contributed by atoms with van der Waals surface area (Å²) < 4.78 is 2.29. The average molecular weight is 656 g/mol. The molecule has 0 spiro atoms. The van der Waals surface area contributed by atoms with E-state index in [2.05, 4.69) is 150 Å². The summed E-state index contributed by atoms with van der Waals surface area (Å²) in [7, 11) is 0. The van der Waals surface area contributed by atoms with Gasteiger partial charge in [0.2, 0.25) is 0 Å². The van der Waals surface area contributed by atoms with E-state index in [-0.39, 0.29) is 23.0 Å².